The van der Waals surface area contributed by atoms with Crippen molar-refractivity contribution in [2.75, 3.05) is 12.0 Å². The molecule has 0 aliphatic heterocycles. The van der Waals surface area contributed by atoms with Crippen molar-refractivity contribution in [2.45, 2.75) is 43.8 Å². The van der Waals surface area contributed by atoms with Gasteiger partial charge in [0.25, 0.3) is 0 Å². The topological polar surface area (TPSA) is 57.4 Å². The van der Waals surface area contributed by atoms with Gasteiger partial charge >= 0.3 is 0 Å². The average molecular weight is 445 g/mol. The molecule has 4 nitrogen and oxygen atoms in total. The van der Waals surface area contributed by atoms with Gasteiger partial charge in [-0.25, -0.2) is 0 Å². The number of nitrogens with zero attached hydrogens (tertiary/aromatic N) is 2. The van der Waals surface area contributed by atoms with Crippen LogP contribution in [0.5, 0.6) is 0 Å². The van der Waals surface area contributed by atoms with Gasteiger partial charge < -0.3 is 0 Å². The van der Waals surface area contributed by atoms with Crippen LogP contribution in [0.2, 0.25) is 0 Å². The molecule has 4 rings (SSSR count). The summed E-state index contributed by atoms with van der Waals surface area (Å²) in [6.45, 7) is 8.65. The van der Waals surface area contributed by atoms with Gasteiger partial charge in [0.15, 0.2) is 0 Å². The zero-order valence-corrected chi connectivity index (χ0v) is 20.1. The number of aryl methyl sites for hydroxylation is 2. The normalized spacial score (nSPS) is 15.7. The molecule has 0 bridgehead atoms. The van der Waals surface area contributed by atoms with E-state index >= 15 is 0 Å². The van der Waals surface area contributed by atoms with E-state index in [0.29, 0.717) is 0 Å². The van der Waals surface area contributed by atoms with Gasteiger partial charge in [-0.05, 0) is 74.4 Å². The summed E-state index contributed by atoms with van der Waals surface area (Å²) in [5.41, 5.74) is 7.35. The van der Waals surface area contributed by atoms with Crippen LogP contribution in [-0.2, 0) is 11.2 Å². The maximum atomic E-state index is 5.21. The summed E-state index contributed by atoms with van der Waals surface area (Å²) >= 11 is 10.1. The summed E-state index contributed by atoms with van der Waals surface area (Å²) in [6, 6.07) is 6.57. The highest BCUT2D eigenvalue weighted by atomic mass is 33.1. The molecule has 4 aromatic rings. The molecule has 1 unspecified atom stereocenters. The number of fused-ring (bicyclic) bond motifs is 2. The lowest BCUT2D eigenvalue weighted by atomic mass is 9.90. The molecule has 0 spiro atoms. The Bertz CT molecular complexity index is 1200. The van der Waals surface area contributed by atoms with Crippen molar-refractivity contribution in [1.29, 1.82) is 0 Å². The van der Waals surface area contributed by atoms with E-state index in [2.05, 4.69) is 72.5 Å². The van der Waals surface area contributed by atoms with Crippen molar-refractivity contribution in [2.24, 2.45) is 0 Å². The number of benzene rings is 2. The van der Waals surface area contributed by atoms with Gasteiger partial charge in [-0.2, -0.15) is 31.9 Å². The average Bonchev–Trinajstić information content (AvgIpc) is 3.26. The quantitative estimate of drug-likeness (QED) is 0.222. The van der Waals surface area contributed by atoms with Gasteiger partial charge in [-0.15, -0.1) is 11.7 Å². The minimum atomic E-state index is -1.31. The molecule has 1 atom stereocenters. The maximum absolute atomic E-state index is 5.21. The van der Waals surface area contributed by atoms with E-state index in [0.717, 1.165) is 34.0 Å². The predicted molar refractivity (Wildman–Crippen MR) is 133 cm³/mol. The highest BCUT2D eigenvalue weighted by Gasteiger charge is 2.26. The molecule has 2 N–H and O–H groups in total. The molecule has 0 saturated heterocycles. The lowest BCUT2D eigenvalue weighted by molar-refractivity contribution is 0.785. The number of H-pyrrole nitrogens is 2. The SMILES string of the molecule is Cc1ccc2cn[nH]c2c1S(C)(S)CCc1cc2cn[nH]c2c(C(C)(C)S)c1C. The number of hydrogen-bond acceptors (Lipinski definition) is 4. The zero-order valence-electron chi connectivity index (χ0n) is 17.5. The summed E-state index contributed by atoms with van der Waals surface area (Å²) in [7, 11) is -1.31. The van der Waals surface area contributed by atoms with Crippen LogP contribution in [0.4, 0.5) is 0 Å². The van der Waals surface area contributed by atoms with Crippen LogP contribution in [0, 0.1) is 13.8 Å². The Hall–Kier alpha value is -1.57. The number of aromatic amines is 2. The molecule has 154 valence electrons. The van der Waals surface area contributed by atoms with Crippen molar-refractivity contribution in [1.82, 2.24) is 20.4 Å². The van der Waals surface area contributed by atoms with Gasteiger partial charge in [0.05, 0.1) is 23.4 Å². The molecule has 2 aromatic heterocycles. The molecular weight excluding hydrogens is 416 g/mol. The number of aromatic nitrogens is 4. The molecule has 2 heterocycles. The van der Waals surface area contributed by atoms with Gasteiger partial charge in [0, 0.05) is 20.4 Å². The van der Waals surface area contributed by atoms with E-state index in [1.54, 1.807) is 0 Å². The van der Waals surface area contributed by atoms with Crippen molar-refractivity contribution < 1.29 is 0 Å². The fraction of sp³-hybridized carbons (Fsp3) is 0.364. The van der Waals surface area contributed by atoms with E-state index in [9.17, 15) is 0 Å². The molecule has 0 saturated carbocycles. The zero-order chi connectivity index (χ0) is 21.0. The number of rotatable bonds is 5. The fourth-order valence-corrected chi connectivity index (χ4v) is 7.79. The summed E-state index contributed by atoms with van der Waals surface area (Å²) in [5.74, 6) is 0.992. The molecule has 0 aliphatic rings. The Balaban J connectivity index is 1.73. The Morgan fingerprint density at radius 2 is 1.69 bits per heavy atom. The number of nitrogens with one attached hydrogen (secondary N) is 2. The van der Waals surface area contributed by atoms with Gasteiger partial charge in [-0.3, -0.25) is 10.2 Å². The molecule has 0 amide bonds. The van der Waals surface area contributed by atoms with E-state index in [-0.39, 0.29) is 4.75 Å². The van der Waals surface area contributed by atoms with Crippen LogP contribution >= 0.6 is 33.3 Å². The van der Waals surface area contributed by atoms with Gasteiger partial charge in [0.2, 0.25) is 0 Å². The Morgan fingerprint density at radius 3 is 2.38 bits per heavy atom. The number of hydrogen-bond donors (Lipinski definition) is 4. The second-order valence-corrected chi connectivity index (χ2v) is 14.9. The summed E-state index contributed by atoms with van der Waals surface area (Å²) in [5, 5.41) is 17.2. The fourth-order valence-electron chi connectivity index (χ4n) is 4.34. The third-order valence-electron chi connectivity index (χ3n) is 5.69. The molecule has 7 heteroatoms. The first-order valence-corrected chi connectivity index (χ1v) is 13.4. The molecular formula is C22H28N4S3. The van der Waals surface area contributed by atoms with Crippen LogP contribution in [0.3, 0.4) is 0 Å². The highest BCUT2D eigenvalue weighted by molar-refractivity contribution is 8.87. The second-order valence-electron chi connectivity index (χ2n) is 8.47. The summed E-state index contributed by atoms with van der Waals surface area (Å²) in [6.07, 6.45) is 7.04. The molecule has 0 radical (unpaired) electrons. The van der Waals surface area contributed by atoms with Crippen molar-refractivity contribution in [3.05, 3.63) is 52.8 Å². The van der Waals surface area contributed by atoms with Gasteiger partial charge in [0.1, 0.15) is 0 Å². The predicted octanol–water partition coefficient (Wildman–Crippen LogP) is 6.10. The molecule has 0 aliphatic carbocycles. The number of thiol groups is 2. The Morgan fingerprint density at radius 1 is 1.03 bits per heavy atom. The third kappa shape index (κ3) is 3.68. The van der Waals surface area contributed by atoms with Crippen LogP contribution in [0.25, 0.3) is 21.8 Å². The highest BCUT2D eigenvalue weighted by Crippen LogP contribution is 2.60. The largest absolute Gasteiger partial charge is 0.277 e. The molecule has 2 aromatic carbocycles. The summed E-state index contributed by atoms with van der Waals surface area (Å²) in [4.78, 5) is 1.31. The minimum Gasteiger partial charge on any atom is -0.277 e. The van der Waals surface area contributed by atoms with Crippen LogP contribution in [-0.4, -0.2) is 32.4 Å². The Labute approximate surface area is 183 Å². The smallest absolute Gasteiger partial charge is 0.0781 e. The molecule has 0 fully saturated rings. The minimum absolute atomic E-state index is 0.250. The lowest BCUT2D eigenvalue weighted by Gasteiger charge is -2.33. The van der Waals surface area contributed by atoms with E-state index in [4.69, 9.17) is 24.3 Å². The van der Waals surface area contributed by atoms with Crippen LogP contribution in [0.15, 0.2) is 35.5 Å². The maximum Gasteiger partial charge on any atom is 0.0781 e. The van der Waals surface area contributed by atoms with E-state index in [1.165, 1.54) is 27.1 Å². The van der Waals surface area contributed by atoms with E-state index < -0.39 is 9.06 Å². The standard InChI is InChI=1S/C22H28N4S3/c1-13-6-7-16-11-23-26-20(16)21(13)29(5,28)9-8-15-10-17-12-24-25-19(17)18(14(15)2)22(3,4)27/h6-7,10-12,27-28H,8-9H2,1-5H3,(H,23,26)(H,24,25). The molecule has 29 heavy (non-hydrogen) atoms. The third-order valence-corrected chi connectivity index (χ3v) is 9.42. The monoisotopic (exact) mass is 444 g/mol. The Kier molecular flexibility index (Phi) is 5.20. The first kappa shape index (κ1) is 20.7. The first-order chi connectivity index (χ1) is 13.6. The first-order valence-electron chi connectivity index (χ1n) is 9.69. The second kappa shape index (κ2) is 7.29. The van der Waals surface area contributed by atoms with Crippen LogP contribution < -0.4 is 0 Å². The van der Waals surface area contributed by atoms with Gasteiger partial charge in [-0.1, -0.05) is 12.1 Å². The summed E-state index contributed by atoms with van der Waals surface area (Å²) < 4.78 is -0.250. The van der Waals surface area contributed by atoms with Crippen molar-refractivity contribution in [3.8, 4) is 0 Å². The lowest BCUT2D eigenvalue weighted by Crippen LogP contribution is -2.13. The van der Waals surface area contributed by atoms with Crippen molar-refractivity contribution >= 4 is 55.2 Å². The van der Waals surface area contributed by atoms with Crippen LogP contribution in [0.1, 0.15) is 36.1 Å². The van der Waals surface area contributed by atoms with Crippen molar-refractivity contribution in [3.63, 3.8) is 0 Å². The van der Waals surface area contributed by atoms with E-state index in [1.807, 2.05) is 12.4 Å².